The molecule has 10 nitrogen and oxygen atoms in total. The SMILES string of the molecule is CCO[C@H](C)OC1C[C@H](n2cc(C#CCNC(=O)C(F)(F)F)c(=O)[nH]c2=O)O[C@@H]1CO[Si](c1ccccc1)(c1ccccc1)C(C)(C)C. The summed E-state index contributed by atoms with van der Waals surface area (Å²) in [7, 11) is -2.97. The number of nitrogens with zero attached hydrogens (tertiary/aromatic N) is 1. The van der Waals surface area contributed by atoms with Crippen LogP contribution in [0.25, 0.3) is 0 Å². The van der Waals surface area contributed by atoms with Gasteiger partial charge in [0.15, 0.2) is 6.29 Å². The average Bonchev–Trinajstić information content (AvgIpc) is 3.42. The fraction of sp³-hybridized carbons (Fsp3) is 0.441. The molecule has 258 valence electrons. The van der Waals surface area contributed by atoms with Crippen LogP contribution in [-0.4, -0.2) is 68.2 Å². The molecule has 1 amide bonds. The molecule has 0 saturated carbocycles. The summed E-state index contributed by atoms with van der Waals surface area (Å²) in [5.41, 5.74) is -1.81. The molecule has 2 N–H and O–H groups in total. The van der Waals surface area contributed by atoms with E-state index in [1.807, 2.05) is 43.3 Å². The van der Waals surface area contributed by atoms with Crippen molar-refractivity contribution in [2.45, 2.75) is 77.0 Å². The number of hydrogen-bond acceptors (Lipinski definition) is 7. The minimum absolute atomic E-state index is 0.108. The van der Waals surface area contributed by atoms with Gasteiger partial charge < -0.3 is 24.0 Å². The van der Waals surface area contributed by atoms with Crippen LogP contribution in [-0.2, 0) is 23.4 Å². The zero-order valence-corrected chi connectivity index (χ0v) is 28.4. The zero-order chi connectivity index (χ0) is 35.1. The van der Waals surface area contributed by atoms with Crippen LogP contribution >= 0.6 is 0 Å². The number of carbonyl (C=O) groups excluding carboxylic acids is 1. The Hall–Kier alpha value is -4.00. The Morgan fingerprint density at radius 2 is 1.69 bits per heavy atom. The first-order valence-corrected chi connectivity index (χ1v) is 17.4. The molecule has 1 aromatic heterocycles. The van der Waals surface area contributed by atoms with Gasteiger partial charge in [-0.25, -0.2) is 4.79 Å². The van der Waals surface area contributed by atoms with Gasteiger partial charge in [-0.15, -0.1) is 0 Å². The number of carbonyl (C=O) groups is 1. The van der Waals surface area contributed by atoms with Gasteiger partial charge in [0.1, 0.15) is 17.9 Å². The third-order valence-corrected chi connectivity index (χ3v) is 12.9. The number of rotatable bonds is 11. The smallest absolute Gasteiger partial charge is 0.405 e. The number of aromatic amines is 1. The second kappa shape index (κ2) is 15.5. The topological polar surface area (TPSA) is 121 Å². The van der Waals surface area contributed by atoms with Crippen LogP contribution in [0.2, 0.25) is 5.04 Å². The number of nitrogens with one attached hydrogen (secondary N) is 2. The predicted molar refractivity (Wildman–Crippen MR) is 175 cm³/mol. The Kier molecular flexibility index (Phi) is 11.9. The molecule has 14 heteroatoms. The van der Waals surface area contributed by atoms with E-state index in [2.05, 4.69) is 61.9 Å². The average molecular weight is 688 g/mol. The standard InChI is InChI=1S/C34H40F3N3O7Si/c1-6-44-23(2)46-27-20-29(40-21-24(30(41)39-32(40)43)14-13-19-38-31(42)34(35,36)37)47-28(27)22-45-48(33(3,4)5,25-15-9-7-10-16-25)26-17-11-8-12-18-26/h7-12,15-18,21,23,27-29H,6,19-20,22H2,1-5H3,(H,38,42)(H,39,41,43)/t23-,27?,28+,29+/m0/s1. The van der Waals surface area contributed by atoms with Crippen LogP contribution in [0.15, 0.2) is 76.4 Å². The minimum Gasteiger partial charge on any atom is -0.405 e. The van der Waals surface area contributed by atoms with Crippen molar-refractivity contribution in [1.82, 2.24) is 14.9 Å². The Labute approximate surface area is 277 Å². The molecule has 48 heavy (non-hydrogen) atoms. The van der Waals surface area contributed by atoms with Crippen molar-refractivity contribution in [1.29, 1.82) is 0 Å². The molecule has 1 aliphatic rings. The van der Waals surface area contributed by atoms with E-state index in [9.17, 15) is 27.6 Å². The van der Waals surface area contributed by atoms with Crippen LogP contribution in [0.3, 0.4) is 0 Å². The lowest BCUT2D eigenvalue weighted by Gasteiger charge is -2.43. The predicted octanol–water partition coefficient (Wildman–Crippen LogP) is 3.20. The highest BCUT2D eigenvalue weighted by Crippen LogP contribution is 2.38. The number of amides is 1. The molecule has 2 aromatic carbocycles. The Bertz CT molecular complexity index is 1670. The van der Waals surface area contributed by atoms with E-state index in [0.29, 0.717) is 6.61 Å². The highest BCUT2D eigenvalue weighted by molar-refractivity contribution is 6.99. The highest BCUT2D eigenvalue weighted by Gasteiger charge is 2.51. The molecule has 4 atom stereocenters. The fourth-order valence-electron chi connectivity index (χ4n) is 5.81. The number of alkyl halides is 3. The number of halogens is 3. The summed E-state index contributed by atoms with van der Waals surface area (Å²) in [6.45, 7) is 9.91. The number of hydrogen-bond donors (Lipinski definition) is 2. The second-order valence-electron chi connectivity index (χ2n) is 12.2. The number of aromatic nitrogens is 2. The van der Waals surface area contributed by atoms with Crippen molar-refractivity contribution in [3.05, 3.63) is 93.3 Å². The molecule has 1 saturated heterocycles. The zero-order valence-electron chi connectivity index (χ0n) is 27.4. The Morgan fingerprint density at radius 1 is 1.08 bits per heavy atom. The molecule has 2 heterocycles. The van der Waals surface area contributed by atoms with Gasteiger partial charge >= 0.3 is 17.8 Å². The summed E-state index contributed by atoms with van der Waals surface area (Å²) >= 11 is 0. The van der Waals surface area contributed by atoms with Gasteiger partial charge in [0, 0.05) is 19.2 Å². The van der Waals surface area contributed by atoms with Gasteiger partial charge in [-0.05, 0) is 29.3 Å². The maximum absolute atomic E-state index is 13.0. The van der Waals surface area contributed by atoms with Crippen molar-refractivity contribution in [3.63, 3.8) is 0 Å². The summed E-state index contributed by atoms with van der Waals surface area (Å²) < 4.78 is 64.0. The normalized spacial score (nSPS) is 19.0. The number of H-pyrrole nitrogens is 1. The van der Waals surface area contributed by atoms with Crippen LogP contribution in [0, 0.1) is 11.8 Å². The fourth-order valence-corrected chi connectivity index (χ4v) is 10.4. The lowest BCUT2D eigenvalue weighted by molar-refractivity contribution is -0.173. The number of benzene rings is 2. The Balaban J connectivity index is 1.66. The van der Waals surface area contributed by atoms with Crippen LogP contribution < -0.4 is 26.9 Å². The quantitative estimate of drug-likeness (QED) is 0.181. The van der Waals surface area contributed by atoms with Crippen molar-refractivity contribution in [2.75, 3.05) is 19.8 Å². The molecule has 1 aliphatic heterocycles. The Morgan fingerprint density at radius 3 is 2.23 bits per heavy atom. The van der Waals surface area contributed by atoms with Gasteiger partial charge in [0.05, 0.1) is 19.3 Å². The lowest BCUT2D eigenvalue weighted by Crippen LogP contribution is -2.67. The molecule has 0 aliphatic carbocycles. The minimum atomic E-state index is -5.07. The lowest BCUT2D eigenvalue weighted by atomic mass is 10.2. The second-order valence-corrected chi connectivity index (χ2v) is 16.5. The van der Waals surface area contributed by atoms with E-state index in [1.54, 1.807) is 12.2 Å². The van der Waals surface area contributed by atoms with Crippen molar-refractivity contribution in [2.24, 2.45) is 0 Å². The molecule has 1 fully saturated rings. The summed E-state index contributed by atoms with van der Waals surface area (Å²) in [6, 6.07) is 20.2. The molecular formula is C34H40F3N3O7Si. The van der Waals surface area contributed by atoms with E-state index in [4.69, 9.17) is 18.6 Å². The van der Waals surface area contributed by atoms with Crippen molar-refractivity contribution in [3.8, 4) is 11.8 Å². The van der Waals surface area contributed by atoms with E-state index < -0.39 is 62.9 Å². The van der Waals surface area contributed by atoms with E-state index in [0.717, 1.165) is 14.9 Å². The van der Waals surface area contributed by atoms with Crippen molar-refractivity contribution < 1.29 is 36.6 Å². The van der Waals surface area contributed by atoms with Crippen LogP contribution in [0.5, 0.6) is 0 Å². The molecule has 4 rings (SSSR count). The summed E-state index contributed by atoms with van der Waals surface area (Å²) in [5, 5.41) is 3.45. The first kappa shape index (κ1) is 36.8. The highest BCUT2D eigenvalue weighted by atomic mass is 28.4. The largest absolute Gasteiger partial charge is 0.471 e. The van der Waals surface area contributed by atoms with E-state index in [1.165, 1.54) is 6.20 Å². The monoisotopic (exact) mass is 687 g/mol. The van der Waals surface area contributed by atoms with E-state index in [-0.39, 0.29) is 23.6 Å². The first-order valence-electron chi connectivity index (χ1n) is 15.5. The van der Waals surface area contributed by atoms with Crippen molar-refractivity contribution >= 4 is 24.6 Å². The van der Waals surface area contributed by atoms with Crippen LogP contribution in [0.4, 0.5) is 13.2 Å². The van der Waals surface area contributed by atoms with Crippen LogP contribution in [0.1, 0.15) is 52.8 Å². The summed E-state index contributed by atoms with van der Waals surface area (Å²) in [5.74, 6) is 2.57. The molecule has 1 unspecified atom stereocenters. The third kappa shape index (κ3) is 8.52. The summed E-state index contributed by atoms with van der Waals surface area (Å²) in [4.78, 5) is 38.7. The van der Waals surface area contributed by atoms with Gasteiger partial charge in [-0.3, -0.25) is 19.1 Å². The maximum atomic E-state index is 13.0. The van der Waals surface area contributed by atoms with E-state index >= 15 is 0 Å². The van der Waals surface area contributed by atoms with Gasteiger partial charge in [0.25, 0.3) is 13.9 Å². The molecule has 3 aromatic rings. The third-order valence-electron chi connectivity index (χ3n) is 7.93. The molecule has 0 spiro atoms. The maximum Gasteiger partial charge on any atom is 0.471 e. The van der Waals surface area contributed by atoms with Gasteiger partial charge in [-0.2, -0.15) is 13.2 Å². The number of ether oxygens (including phenoxy) is 3. The summed E-state index contributed by atoms with van der Waals surface area (Å²) in [6.07, 6.45) is -6.45. The first-order chi connectivity index (χ1) is 22.7. The van der Waals surface area contributed by atoms with Gasteiger partial charge in [-0.1, -0.05) is 93.3 Å². The van der Waals surface area contributed by atoms with Gasteiger partial charge in [0.2, 0.25) is 0 Å². The molecule has 0 bridgehead atoms. The molecular weight excluding hydrogens is 647 g/mol. The molecule has 0 radical (unpaired) electrons.